The van der Waals surface area contributed by atoms with E-state index in [1.807, 2.05) is 24.3 Å². The molecule has 0 aliphatic heterocycles. The van der Waals surface area contributed by atoms with Gasteiger partial charge in [-0.15, -0.1) is 0 Å². The van der Waals surface area contributed by atoms with Crippen LogP contribution in [0.1, 0.15) is 18.9 Å². The fourth-order valence-corrected chi connectivity index (χ4v) is 2.34. The summed E-state index contributed by atoms with van der Waals surface area (Å²) in [7, 11) is 1.64. The van der Waals surface area contributed by atoms with E-state index in [9.17, 15) is 4.79 Å². The van der Waals surface area contributed by atoms with Gasteiger partial charge in [-0.3, -0.25) is 4.79 Å². The largest absolute Gasteiger partial charge is 0.497 e. The van der Waals surface area contributed by atoms with Crippen LogP contribution in [0.25, 0.3) is 0 Å². The van der Waals surface area contributed by atoms with Gasteiger partial charge in [-0.2, -0.15) is 0 Å². The van der Waals surface area contributed by atoms with Crippen molar-refractivity contribution in [1.29, 1.82) is 0 Å². The molecule has 0 saturated heterocycles. The molecule has 1 amide bonds. The summed E-state index contributed by atoms with van der Waals surface area (Å²) < 4.78 is 16.3. The first-order valence-electron chi connectivity index (χ1n) is 8.49. The van der Waals surface area contributed by atoms with Crippen molar-refractivity contribution in [3.63, 3.8) is 0 Å². The quantitative estimate of drug-likeness (QED) is 0.639. The zero-order valence-corrected chi connectivity index (χ0v) is 15.8. The Balaban J connectivity index is 1.58. The fourth-order valence-electron chi connectivity index (χ4n) is 2.21. The van der Waals surface area contributed by atoms with E-state index in [1.165, 1.54) is 0 Å². The molecule has 2 aromatic carbocycles. The van der Waals surface area contributed by atoms with Crippen molar-refractivity contribution in [2.45, 2.75) is 26.1 Å². The Bertz CT molecular complexity index is 673. The smallest absolute Gasteiger partial charge is 0.260 e. The molecular weight excluding hydrogens is 354 g/mol. The van der Waals surface area contributed by atoms with Crippen molar-refractivity contribution < 1.29 is 19.0 Å². The highest BCUT2D eigenvalue weighted by molar-refractivity contribution is 6.30. The summed E-state index contributed by atoms with van der Waals surface area (Å²) in [4.78, 5) is 12.0. The molecule has 140 valence electrons. The van der Waals surface area contributed by atoms with Crippen LogP contribution in [0.15, 0.2) is 48.5 Å². The van der Waals surface area contributed by atoms with Crippen molar-refractivity contribution in [3.8, 4) is 11.5 Å². The lowest BCUT2D eigenvalue weighted by molar-refractivity contribution is -0.127. The van der Waals surface area contributed by atoms with Gasteiger partial charge in [-0.25, -0.2) is 0 Å². The van der Waals surface area contributed by atoms with Crippen LogP contribution < -0.4 is 14.8 Å². The molecule has 1 atom stereocenters. The Kier molecular flexibility index (Phi) is 8.25. The van der Waals surface area contributed by atoms with Gasteiger partial charge in [-0.1, -0.05) is 23.7 Å². The number of rotatable bonds is 10. The van der Waals surface area contributed by atoms with Crippen molar-refractivity contribution in [1.82, 2.24) is 5.32 Å². The molecule has 0 spiro atoms. The zero-order chi connectivity index (χ0) is 18.8. The Labute approximate surface area is 159 Å². The van der Waals surface area contributed by atoms with Gasteiger partial charge in [0.15, 0.2) is 6.10 Å². The van der Waals surface area contributed by atoms with E-state index in [0.29, 0.717) is 30.5 Å². The summed E-state index contributed by atoms with van der Waals surface area (Å²) in [6.45, 7) is 3.35. The average molecular weight is 378 g/mol. The van der Waals surface area contributed by atoms with Crippen LogP contribution in [-0.2, 0) is 16.1 Å². The second-order valence-corrected chi connectivity index (χ2v) is 6.20. The molecule has 0 fully saturated rings. The Morgan fingerprint density at radius 1 is 1.08 bits per heavy atom. The second-order valence-electron chi connectivity index (χ2n) is 5.76. The number of hydrogen-bond acceptors (Lipinski definition) is 4. The van der Waals surface area contributed by atoms with E-state index in [2.05, 4.69) is 5.32 Å². The van der Waals surface area contributed by atoms with E-state index in [1.54, 1.807) is 38.3 Å². The Morgan fingerprint density at radius 3 is 2.38 bits per heavy atom. The number of amides is 1. The van der Waals surface area contributed by atoms with Gasteiger partial charge in [0.05, 0.1) is 13.7 Å². The van der Waals surface area contributed by atoms with Crippen LogP contribution in [0.5, 0.6) is 11.5 Å². The summed E-state index contributed by atoms with van der Waals surface area (Å²) >= 11 is 5.82. The highest BCUT2D eigenvalue weighted by atomic mass is 35.5. The lowest BCUT2D eigenvalue weighted by atomic mass is 10.2. The summed E-state index contributed by atoms with van der Waals surface area (Å²) in [5.74, 6) is 1.28. The van der Waals surface area contributed by atoms with E-state index in [0.717, 1.165) is 17.7 Å². The van der Waals surface area contributed by atoms with Gasteiger partial charge in [0.1, 0.15) is 11.5 Å². The molecule has 0 saturated carbocycles. The molecule has 2 rings (SSSR count). The first-order chi connectivity index (χ1) is 12.6. The van der Waals surface area contributed by atoms with Gasteiger partial charge < -0.3 is 19.5 Å². The van der Waals surface area contributed by atoms with Gasteiger partial charge in [0.25, 0.3) is 5.91 Å². The number of methoxy groups -OCH3 is 1. The molecular formula is C20H24ClNO4. The first kappa shape index (κ1) is 20.1. The minimum absolute atomic E-state index is 0.157. The summed E-state index contributed by atoms with van der Waals surface area (Å²) in [6, 6.07) is 14.7. The first-order valence-corrected chi connectivity index (χ1v) is 8.87. The molecule has 0 radical (unpaired) electrons. The zero-order valence-electron chi connectivity index (χ0n) is 15.0. The van der Waals surface area contributed by atoms with Gasteiger partial charge in [0.2, 0.25) is 0 Å². The predicted octanol–water partition coefficient (Wildman–Crippen LogP) is 3.84. The number of hydrogen-bond donors (Lipinski definition) is 1. The van der Waals surface area contributed by atoms with Crippen LogP contribution >= 0.6 is 11.6 Å². The number of halogens is 1. The predicted molar refractivity (Wildman–Crippen MR) is 102 cm³/mol. The second kappa shape index (κ2) is 10.7. The third-order valence-corrected chi connectivity index (χ3v) is 3.94. The maximum atomic E-state index is 12.0. The minimum Gasteiger partial charge on any atom is -0.497 e. The third-order valence-electron chi connectivity index (χ3n) is 3.69. The highest BCUT2D eigenvalue weighted by Gasteiger charge is 2.13. The number of nitrogens with one attached hydrogen (secondary N) is 1. The number of ether oxygens (including phenoxy) is 3. The molecule has 26 heavy (non-hydrogen) atoms. The topological polar surface area (TPSA) is 56.8 Å². The molecule has 1 unspecified atom stereocenters. The average Bonchev–Trinajstić information content (AvgIpc) is 2.66. The van der Waals surface area contributed by atoms with E-state index in [-0.39, 0.29) is 5.91 Å². The van der Waals surface area contributed by atoms with Crippen LogP contribution in [0.3, 0.4) is 0 Å². The maximum Gasteiger partial charge on any atom is 0.260 e. The lowest BCUT2D eigenvalue weighted by Gasteiger charge is -2.14. The van der Waals surface area contributed by atoms with Crippen LogP contribution in [-0.4, -0.2) is 32.3 Å². The number of carbonyl (C=O) groups is 1. The molecule has 0 bridgehead atoms. The number of carbonyl (C=O) groups excluding carboxylic acids is 1. The van der Waals surface area contributed by atoms with Crippen LogP contribution in [0, 0.1) is 0 Å². The molecule has 0 aliphatic rings. The molecule has 0 aliphatic carbocycles. The summed E-state index contributed by atoms with van der Waals surface area (Å²) in [5, 5.41) is 3.47. The maximum absolute atomic E-state index is 12.0. The van der Waals surface area contributed by atoms with Crippen molar-refractivity contribution in [3.05, 3.63) is 59.1 Å². The number of benzene rings is 2. The molecule has 5 nitrogen and oxygen atoms in total. The molecule has 2 aromatic rings. The summed E-state index contributed by atoms with van der Waals surface area (Å²) in [5.41, 5.74) is 1.08. The standard InChI is InChI=1S/C20H24ClNO4/c1-15(26-19-10-6-17(21)7-11-19)20(23)22-12-3-13-25-14-16-4-8-18(24-2)9-5-16/h4-11,15H,3,12-14H2,1-2H3,(H,22,23). The van der Waals surface area contributed by atoms with Gasteiger partial charge >= 0.3 is 0 Å². The Hall–Kier alpha value is -2.24. The van der Waals surface area contributed by atoms with Crippen LogP contribution in [0.2, 0.25) is 5.02 Å². The molecule has 6 heteroatoms. The molecule has 0 aromatic heterocycles. The molecule has 0 heterocycles. The Morgan fingerprint density at radius 2 is 1.73 bits per heavy atom. The monoisotopic (exact) mass is 377 g/mol. The molecule has 1 N–H and O–H groups in total. The van der Waals surface area contributed by atoms with Crippen LogP contribution in [0.4, 0.5) is 0 Å². The fraction of sp³-hybridized carbons (Fsp3) is 0.350. The lowest BCUT2D eigenvalue weighted by Crippen LogP contribution is -2.37. The van der Waals surface area contributed by atoms with E-state index < -0.39 is 6.10 Å². The van der Waals surface area contributed by atoms with E-state index in [4.69, 9.17) is 25.8 Å². The van der Waals surface area contributed by atoms with Crippen molar-refractivity contribution in [2.24, 2.45) is 0 Å². The van der Waals surface area contributed by atoms with Gasteiger partial charge in [0, 0.05) is 18.2 Å². The van der Waals surface area contributed by atoms with Gasteiger partial charge in [-0.05, 0) is 55.3 Å². The van der Waals surface area contributed by atoms with E-state index >= 15 is 0 Å². The third kappa shape index (κ3) is 6.94. The van der Waals surface area contributed by atoms with Crippen molar-refractivity contribution >= 4 is 17.5 Å². The SMILES string of the molecule is COc1ccc(COCCCNC(=O)C(C)Oc2ccc(Cl)cc2)cc1. The van der Waals surface area contributed by atoms with Crippen molar-refractivity contribution in [2.75, 3.05) is 20.3 Å². The normalized spacial score (nSPS) is 11.7. The summed E-state index contributed by atoms with van der Waals surface area (Å²) in [6.07, 6.45) is 0.159. The minimum atomic E-state index is -0.573. The highest BCUT2D eigenvalue weighted by Crippen LogP contribution is 2.16.